The van der Waals surface area contributed by atoms with Crippen LogP contribution in [0.4, 0.5) is 0 Å². The summed E-state index contributed by atoms with van der Waals surface area (Å²) in [7, 11) is 0. The average molecular weight is 231 g/mol. The molecule has 1 unspecified atom stereocenters. The highest BCUT2D eigenvalue weighted by atomic mass is 16.4. The summed E-state index contributed by atoms with van der Waals surface area (Å²) in [4.78, 5) is 17.9. The van der Waals surface area contributed by atoms with Crippen LogP contribution in [0.5, 0.6) is 0 Å². The highest BCUT2D eigenvalue weighted by Gasteiger charge is 2.14. The molecule has 0 saturated heterocycles. The van der Waals surface area contributed by atoms with E-state index in [4.69, 9.17) is 10.8 Å². The Morgan fingerprint density at radius 3 is 2.76 bits per heavy atom. The van der Waals surface area contributed by atoms with E-state index in [2.05, 4.69) is 9.97 Å². The highest BCUT2D eigenvalue weighted by Crippen LogP contribution is 2.15. The first-order valence-corrected chi connectivity index (χ1v) is 5.25. The molecule has 4 N–H and O–H groups in total. The van der Waals surface area contributed by atoms with Crippen LogP contribution in [0.15, 0.2) is 36.5 Å². The summed E-state index contributed by atoms with van der Waals surface area (Å²) in [6.45, 7) is 0. The van der Waals surface area contributed by atoms with E-state index in [0.717, 1.165) is 11.4 Å². The van der Waals surface area contributed by atoms with Crippen molar-refractivity contribution in [2.24, 2.45) is 5.73 Å². The maximum atomic E-state index is 10.6. The second-order valence-corrected chi connectivity index (χ2v) is 3.76. The van der Waals surface area contributed by atoms with Crippen LogP contribution in [0.2, 0.25) is 0 Å². The van der Waals surface area contributed by atoms with Gasteiger partial charge in [-0.2, -0.15) is 0 Å². The fourth-order valence-electron chi connectivity index (χ4n) is 1.52. The summed E-state index contributed by atoms with van der Waals surface area (Å²) < 4.78 is 0. The zero-order valence-electron chi connectivity index (χ0n) is 9.13. The first kappa shape index (κ1) is 11.3. The highest BCUT2D eigenvalue weighted by molar-refractivity contribution is 5.73. The molecule has 0 fully saturated rings. The Morgan fingerprint density at radius 1 is 1.41 bits per heavy atom. The van der Waals surface area contributed by atoms with Crippen LogP contribution in [0.25, 0.3) is 11.4 Å². The Labute approximate surface area is 98.3 Å². The van der Waals surface area contributed by atoms with Gasteiger partial charge < -0.3 is 15.8 Å². The summed E-state index contributed by atoms with van der Waals surface area (Å²) in [5, 5.41) is 8.70. The third-order valence-electron chi connectivity index (χ3n) is 2.42. The number of aromatic nitrogens is 2. The second-order valence-electron chi connectivity index (χ2n) is 3.76. The molecule has 0 radical (unpaired) electrons. The molecule has 88 valence electrons. The Kier molecular flexibility index (Phi) is 3.20. The largest absolute Gasteiger partial charge is 0.480 e. The minimum absolute atomic E-state index is 0.221. The van der Waals surface area contributed by atoms with Gasteiger partial charge in [-0.3, -0.25) is 4.79 Å². The van der Waals surface area contributed by atoms with E-state index in [0.29, 0.717) is 5.69 Å². The molecule has 0 amide bonds. The van der Waals surface area contributed by atoms with Crippen molar-refractivity contribution in [3.8, 4) is 11.4 Å². The molecule has 1 aromatic heterocycles. The lowest BCUT2D eigenvalue weighted by Gasteiger charge is -2.02. The molecule has 2 rings (SSSR count). The Hall–Kier alpha value is -2.14. The van der Waals surface area contributed by atoms with Gasteiger partial charge in [-0.15, -0.1) is 0 Å². The molecule has 0 bridgehead atoms. The number of carbonyl (C=O) groups is 1. The van der Waals surface area contributed by atoms with Crippen molar-refractivity contribution in [1.82, 2.24) is 9.97 Å². The predicted octanol–water partition coefficient (Wildman–Crippen LogP) is 1.03. The number of carboxylic acid groups (broad SMARTS) is 1. The standard InChI is InChI=1S/C12H13N3O2/c13-10(12(16)17)6-9-7-14-11(15-9)8-4-2-1-3-5-8/h1-5,7,10H,6,13H2,(H,14,15)(H,16,17). The maximum absolute atomic E-state index is 10.6. The normalized spacial score (nSPS) is 12.3. The lowest BCUT2D eigenvalue weighted by atomic mass is 10.2. The van der Waals surface area contributed by atoms with Gasteiger partial charge in [0.15, 0.2) is 0 Å². The zero-order chi connectivity index (χ0) is 12.3. The number of aromatic amines is 1. The molecule has 0 saturated carbocycles. The van der Waals surface area contributed by atoms with Gasteiger partial charge in [-0.25, -0.2) is 4.98 Å². The van der Waals surface area contributed by atoms with Crippen molar-refractivity contribution in [2.75, 3.05) is 0 Å². The maximum Gasteiger partial charge on any atom is 0.320 e. The van der Waals surface area contributed by atoms with Gasteiger partial charge in [0.1, 0.15) is 11.9 Å². The van der Waals surface area contributed by atoms with Gasteiger partial charge in [0, 0.05) is 18.2 Å². The lowest BCUT2D eigenvalue weighted by Crippen LogP contribution is -2.32. The summed E-state index contributed by atoms with van der Waals surface area (Å²) in [5.41, 5.74) is 7.06. The predicted molar refractivity (Wildman–Crippen MR) is 63.3 cm³/mol. The number of H-pyrrole nitrogens is 1. The van der Waals surface area contributed by atoms with E-state index < -0.39 is 12.0 Å². The molecule has 0 aliphatic heterocycles. The van der Waals surface area contributed by atoms with Gasteiger partial charge in [0.05, 0.1) is 5.69 Å². The Bertz CT molecular complexity index is 507. The molecule has 1 atom stereocenters. The zero-order valence-corrected chi connectivity index (χ0v) is 9.13. The van der Waals surface area contributed by atoms with E-state index in [-0.39, 0.29) is 6.42 Å². The van der Waals surface area contributed by atoms with Crippen LogP contribution in [0.3, 0.4) is 0 Å². The molecule has 17 heavy (non-hydrogen) atoms. The van der Waals surface area contributed by atoms with Gasteiger partial charge in [0.2, 0.25) is 0 Å². The number of nitrogens with two attached hydrogens (primary N) is 1. The second kappa shape index (κ2) is 4.80. The van der Waals surface area contributed by atoms with E-state index in [1.54, 1.807) is 6.20 Å². The molecule has 0 aliphatic carbocycles. The third-order valence-corrected chi connectivity index (χ3v) is 2.42. The number of nitrogens with zero attached hydrogens (tertiary/aromatic N) is 1. The van der Waals surface area contributed by atoms with Crippen LogP contribution >= 0.6 is 0 Å². The van der Waals surface area contributed by atoms with Crippen molar-refractivity contribution in [1.29, 1.82) is 0 Å². The van der Waals surface area contributed by atoms with Crippen molar-refractivity contribution in [3.63, 3.8) is 0 Å². The fraction of sp³-hybridized carbons (Fsp3) is 0.167. The number of rotatable bonds is 4. The van der Waals surface area contributed by atoms with Gasteiger partial charge in [-0.05, 0) is 0 Å². The summed E-state index contributed by atoms with van der Waals surface area (Å²) in [5.74, 6) is -0.299. The van der Waals surface area contributed by atoms with Gasteiger partial charge in [0.25, 0.3) is 0 Å². The number of carboxylic acids is 1. The third kappa shape index (κ3) is 2.70. The van der Waals surface area contributed by atoms with Crippen LogP contribution in [-0.2, 0) is 11.2 Å². The summed E-state index contributed by atoms with van der Waals surface area (Å²) >= 11 is 0. The minimum Gasteiger partial charge on any atom is -0.480 e. The quantitative estimate of drug-likeness (QED) is 0.732. The van der Waals surface area contributed by atoms with Gasteiger partial charge in [-0.1, -0.05) is 30.3 Å². The SMILES string of the molecule is NC(Cc1c[nH]c(-c2ccccc2)n1)C(=O)O. The van der Waals surface area contributed by atoms with E-state index in [1.807, 2.05) is 30.3 Å². The van der Waals surface area contributed by atoms with Gasteiger partial charge >= 0.3 is 5.97 Å². The van der Waals surface area contributed by atoms with E-state index in [9.17, 15) is 4.79 Å². The van der Waals surface area contributed by atoms with Crippen molar-refractivity contribution in [3.05, 3.63) is 42.2 Å². The number of hydrogen-bond donors (Lipinski definition) is 3. The molecule has 1 heterocycles. The van der Waals surface area contributed by atoms with E-state index >= 15 is 0 Å². The molecule has 0 spiro atoms. The number of aliphatic carboxylic acids is 1. The van der Waals surface area contributed by atoms with Crippen LogP contribution in [0, 0.1) is 0 Å². The smallest absolute Gasteiger partial charge is 0.320 e. The van der Waals surface area contributed by atoms with E-state index in [1.165, 1.54) is 0 Å². The number of benzene rings is 1. The Morgan fingerprint density at radius 2 is 2.12 bits per heavy atom. The molecule has 0 aliphatic rings. The number of imidazole rings is 1. The van der Waals surface area contributed by atoms with Crippen LogP contribution in [0.1, 0.15) is 5.69 Å². The van der Waals surface area contributed by atoms with Crippen LogP contribution < -0.4 is 5.73 Å². The molecule has 5 nitrogen and oxygen atoms in total. The fourth-order valence-corrected chi connectivity index (χ4v) is 1.52. The number of hydrogen-bond acceptors (Lipinski definition) is 3. The number of nitrogens with one attached hydrogen (secondary N) is 1. The monoisotopic (exact) mass is 231 g/mol. The topological polar surface area (TPSA) is 92.0 Å². The molecule has 2 aromatic rings. The molecular formula is C12H13N3O2. The first-order valence-electron chi connectivity index (χ1n) is 5.25. The summed E-state index contributed by atoms with van der Waals surface area (Å²) in [6, 6.07) is 8.70. The first-order chi connectivity index (χ1) is 8.16. The minimum atomic E-state index is -1.02. The Balaban J connectivity index is 2.14. The molecule has 5 heteroatoms. The van der Waals surface area contributed by atoms with Crippen LogP contribution in [-0.4, -0.2) is 27.1 Å². The van der Waals surface area contributed by atoms with Crippen molar-refractivity contribution >= 4 is 5.97 Å². The lowest BCUT2D eigenvalue weighted by molar-refractivity contribution is -0.138. The molecular weight excluding hydrogens is 218 g/mol. The molecule has 1 aromatic carbocycles. The summed E-state index contributed by atoms with van der Waals surface area (Å²) in [6.07, 6.45) is 1.91. The van der Waals surface area contributed by atoms with Crippen molar-refractivity contribution in [2.45, 2.75) is 12.5 Å². The average Bonchev–Trinajstić information content (AvgIpc) is 2.78. The van der Waals surface area contributed by atoms with Crippen molar-refractivity contribution < 1.29 is 9.90 Å².